The molecule has 1 aliphatic heterocycles. The van der Waals surface area contributed by atoms with Crippen LogP contribution in [0.1, 0.15) is 23.6 Å². The van der Waals surface area contributed by atoms with Gasteiger partial charge in [0.25, 0.3) is 11.6 Å². The van der Waals surface area contributed by atoms with E-state index in [4.69, 9.17) is 26.1 Å². The van der Waals surface area contributed by atoms with Crippen LogP contribution in [0.4, 0.5) is 11.4 Å². The van der Waals surface area contributed by atoms with Gasteiger partial charge in [-0.2, -0.15) is 0 Å². The Hall–Kier alpha value is -4.33. The number of nitrogens with one attached hydrogen (secondary N) is 1. The predicted octanol–water partition coefficient (Wildman–Crippen LogP) is 9.16. The standard InChI is InChI=1S/C35H28ClIN4O5S/c1-2-45-31-18-23(17-29(37)33(31)46-21-22-7-9-25(36)10-8-22)19-32-34(42)40(16-15-24-20-38-30-6-4-3-5-28(24)30)35(47-32)39-26-11-13-27(14-12-26)41(43)44/h3-14,17-20,38H,2,15-16,21H2,1H3/b32-19-,39-35?. The number of fused-ring (bicyclic) bond motifs is 1. The Bertz CT molecular complexity index is 2010. The fraction of sp³-hybridized carbons (Fsp3) is 0.143. The molecule has 1 saturated heterocycles. The number of amidine groups is 1. The first-order valence-electron chi connectivity index (χ1n) is 14.7. The molecule has 1 amide bonds. The number of nitrogens with zero attached hydrogens (tertiary/aromatic N) is 3. The lowest BCUT2D eigenvalue weighted by molar-refractivity contribution is -0.384. The molecule has 1 aliphatic rings. The maximum atomic E-state index is 13.9. The highest BCUT2D eigenvalue weighted by Gasteiger charge is 2.33. The van der Waals surface area contributed by atoms with E-state index in [0.717, 1.165) is 31.2 Å². The number of benzene rings is 4. The summed E-state index contributed by atoms with van der Waals surface area (Å²) in [6, 6.07) is 25.3. The first-order chi connectivity index (χ1) is 22.8. The smallest absolute Gasteiger partial charge is 0.269 e. The van der Waals surface area contributed by atoms with Gasteiger partial charge < -0.3 is 14.5 Å². The summed E-state index contributed by atoms with van der Waals surface area (Å²) in [4.78, 5) is 34.8. The second kappa shape index (κ2) is 14.6. The Morgan fingerprint density at radius 3 is 2.57 bits per heavy atom. The first-order valence-corrected chi connectivity index (χ1v) is 17.0. The normalized spacial score (nSPS) is 14.8. The molecular weight excluding hydrogens is 751 g/mol. The van der Waals surface area contributed by atoms with E-state index in [2.05, 4.69) is 33.6 Å². The molecule has 0 aliphatic carbocycles. The number of aromatic amines is 1. The summed E-state index contributed by atoms with van der Waals surface area (Å²) >= 11 is 9.51. The molecule has 0 atom stereocenters. The van der Waals surface area contributed by atoms with E-state index in [9.17, 15) is 14.9 Å². The average Bonchev–Trinajstić information content (AvgIpc) is 3.60. The predicted molar refractivity (Wildman–Crippen MR) is 196 cm³/mol. The fourth-order valence-electron chi connectivity index (χ4n) is 5.08. The number of aliphatic imine (C=N–C) groups is 1. The van der Waals surface area contributed by atoms with Crippen molar-refractivity contribution < 1.29 is 19.2 Å². The van der Waals surface area contributed by atoms with Crippen LogP contribution < -0.4 is 9.47 Å². The highest BCUT2D eigenvalue weighted by Crippen LogP contribution is 2.39. The van der Waals surface area contributed by atoms with Crippen molar-refractivity contribution in [1.82, 2.24) is 9.88 Å². The number of amides is 1. The third-order valence-corrected chi connectivity index (χ3v) is 9.44. The summed E-state index contributed by atoms with van der Waals surface area (Å²) < 4.78 is 13.0. The van der Waals surface area contributed by atoms with Gasteiger partial charge in [-0.25, -0.2) is 4.99 Å². The maximum Gasteiger partial charge on any atom is 0.269 e. The Balaban J connectivity index is 1.29. The lowest BCUT2D eigenvalue weighted by Crippen LogP contribution is -2.31. The van der Waals surface area contributed by atoms with Crippen molar-refractivity contribution in [3.8, 4) is 11.5 Å². The number of H-pyrrole nitrogens is 1. The summed E-state index contributed by atoms with van der Waals surface area (Å²) in [5.74, 6) is 1.02. The maximum absolute atomic E-state index is 13.9. The number of carbonyl (C=O) groups is 1. The van der Waals surface area contributed by atoms with E-state index < -0.39 is 4.92 Å². The molecule has 6 rings (SSSR count). The fourth-order valence-corrected chi connectivity index (χ4v) is 7.01. The minimum atomic E-state index is -0.453. The molecule has 5 aromatic rings. The van der Waals surface area contributed by atoms with Gasteiger partial charge in [0.05, 0.1) is 25.7 Å². The van der Waals surface area contributed by atoms with Gasteiger partial charge in [0.15, 0.2) is 16.7 Å². The number of rotatable bonds is 11. The zero-order chi connectivity index (χ0) is 32.9. The number of hydrogen-bond acceptors (Lipinski definition) is 7. The molecule has 1 fully saturated rings. The van der Waals surface area contributed by atoms with E-state index in [1.54, 1.807) is 17.0 Å². The molecule has 0 spiro atoms. The lowest BCUT2D eigenvalue weighted by atomic mass is 10.1. The molecule has 4 aromatic carbocycles. The highest BCUT2D eigenvalue weighted by atomic mass is 127. The second-order valence-corrected chi connectivity index (χ2v) is 13.1. The summed E-state index contributed by atoms with van der Waals surface area (Å²) in [5, 5.41) is 13.4. The minimum absolute atomic E-state index is 0.0267. The van der Waals surface area contributed by atoms with E-state index in [-0.39, 0.29) is 11.6 Å². The number of ether oxygens (including phenoxy) is 2. The molecule has 0 radical (unpaired) electrons. The zero-order valence-corrected chi connectivity index (χ0v) is 28.8. The van der Waals surface area contributed by atoms with Crippen molar-refractivity contribution in [2.45, 2.75) is 20.0 Å². The molecule has 9 nitrogen and oxygen atoms in total. The van der Waals surface area contributed by atoms with Crippen LogP contribution >= 0.6 is 46.0 Å². The molecule has 2 heterocycles. The molecule has 238 valence electrons. The van der Waals surface area contributed by atoms with Gasteiger partial charge in [-0.1, -0.05) is 41.9 Å². The van der Waals surface area contributed by atoms with Crippen LogP contribution in [0.2, 0.25) is 5.02 Å². The van der Waals surface area contributed by atoms with E-state index >= 15 is 0 Å². The van der Waals surface area contributed by atoms with Gasteiger partial charge in [-0.3, -0.25) is 19.8 Å². The lowest BCUT2D eigenvalue weighted by Gasteiger charge is -2.16. The Labute approximate surface area is 293 Å². The zero-order valence-electron chi connectivity index (χ0n) is 25.1. The quantitative estimate of drug-likeness (QED) is 0.0620. The SMILES string of the molecule is CCOc1cc(/C=C2\SC(=Nc3ccc([N+](=O)[O-])cc3)N(CCc3c[nH]c4ccccc34)C2=O)cc(I)c1OCc1ccc(Cl)cc1. The van der Waals surface area contributed by atoms with E-state index in [1.807, 2.05) is 73.8 Å². The first kappa shape index (κ1) is 32.6. The number of thioether (sulfide) groups is 1. The van der Waals surface area contributed by atoms with Crippen molar-refractivity contribution in [1.29, 1.82) is 0 Å². The topological polar surface area (TPSA) is 110 Å². The number of nitro groups is 1. The van der Waals surface area contributed by atoms with Crippen LogP contribution in [0.5, 0.6) is 11.5 Å². The van der Waals surface area contributed by atoms with Gasteiger partial charge in [-0.05, 0) is 113 Å². The average molecular weight is 779 g/mol. The van der Waals surface area contributed by atoms with Gasteiger partial charge in [0.2, 0.25) is 0 Å². The molecule has 1 aromatic heterocycles. The monoisotopic (exact) mass is 778 g/mol. The van der Waals surface area contributed by atoms with Gasteiger partial charge in [0.1, 0.15) is 6.61 Å². The van der Waals surface area contributed by atoms with Crippen molar-refractivity contribution in [2.24, 2.45) is 4.99 Å². The Morgan fingerprint density at radius 2 is 1.83 bits per heavy atom. The summed E-state index contributed by atoms with van der Waals surface area (Å²) in [5.41, 5.74) is 4.36. The van der Waals surface area contributed by atoms with Gasteiger partial charge in [-0.15, -0.1) is 0 Å². The summed E-state index contributed by atoms with van der Waals surface area (Å²) in [6.45, 7) is 3.09. The van der Waals surface area contributed by atoms with Crippen LogP contribution in [0, 0.1) is 13.7 Å². The van der Waals surface area contributed by atoms with Crippen LogP contribution in [0.25, 0.3) is 17.0 Å². The summed E-state index contributed by atoms with van der Waals surface area (Å²) in [7, 11) is 0. The Kier molecular flexibility index (Phi) is 10.1. The molecular formula is C35H28ClIN4O5S. The van der Waals surface area contributed by atoms with Crippen molar-refractivity contribution >= 4 is 85.4 Å². The van der Waals surface area contributed by atoms with Gasteiger partial charge >= 0.3 is 0 Å². The van der Waals surface area contributed by atoms with E-state index in [0.29, 0.717) is 58.5 Å². The Morgan fingerprint density at radius 1 is 1.06 bits per heavy atom. The molecule has 12 heteroatoms. The second-order valence-electron chi connectivity index (χ2n) is 10.5. The third kappa shape index (κ3) is 7.64. The molecule has 0 saturated carbocycles. The van der Waals surface area contributed by atoms with Crippen LogP contribution in [0.15, 0.2) is 101 Å². The molecule has 1 N–H and O–H groups in total. The van der Waals surface area contributed by atoms with Gasteiger partial charge in [0, 0.05) is 40.8 Å². The van der Waals surface area contributed by atoms with Crippen molar-refractivity contribution in [3.05, 3.63) is 131 Å². The third-order valence-electron chi connectivity index (χ3n) is 7.38. The summed E-state index contributed by atoms with van der Waals surface area (Å²) in [6.07, 6.45) is 4.41. The number of para-hydroxylation sites is 1. The highest BCUT2D eigenvalue weighted by molar-refractivity contribution is 14.1. The number of hydrogen-bond donors (Lipinski definition) is 1. The van der Waals surface area contributed by atoms with Crippen LogP contribution in [-0.2, 0) is 17.8 Å². The number of non-ortho nitro benzene ring substituents is 1. The molecule has 47 heavy (non-hydrogen) atoms. The minimum Gasteiger partial charge on any atom is -0.490 e. The van der Waals surface area contributed by atoms with E-state index in [1.165, 1.54) is 23.9 Å². The number of halogens is 2. The molecule has 0 unspecified atom stereocenters. The number of aromatic nitrogens is 1. The number of nitro benzene ring substituents is 1. The largest absolute Gasteiger partial charge is 0.490 e. The van der Waals surface area contributed by atoms with Crippen molar-refractivity contribution in [3.63, 3.8) is 0 Å². The van der Waals surface area contributed by atoms with Crippen molar-refractivity contribution in [2.75, 3.05) is 13.2 Å². The number of carbonyl (C=O) groups excluding carboxylic acids is 1. The molecule has 0 bridgehead atoms. The van der Waals surface area contributed by atoms with Crippen LogP contribution in [-0.4, -0.2) is 39.0 Å². The van der Waals surface area contributed by atoms with Crippen LogP contribution in [0.3, 0.4) is 0 Å².